The molecule has 1 fully saturated rings. The number of carbonyl (C=O) groups is 1. The number of fused-ring (bicyclic) bond motifs is 1. The number of esters is 1. The molecule has 1 aliphatic heterocycles. The van der Waals surface area contributed by atoms with Crippen LogP contribution in [-0.2, 0) is 9.53 Å². The van der Waals surface area contributed by atoms with Crippen LogP contribution in [0.5, 0.6) is 0 Å². The van der Waals surface area contributed by atoms with Crippen molar-refractivity contribution in [1.29, 1.82) is 0 Å². The lowest BCUT2D eigenvalue weighted by atomic mass is 10.0. The number of carbonyl (C=O) groups excluding carboxylic acids is 1. The van der Waals surface area contributed by atoms with E-state index in [0.29, 0.717) is 0 Å². The lowest BCUT2D eigenvalue weighted by Gasteiger charge is -2.22. The van der Waals surface area contributed by atoms with E-state index >= 15 is 0 Å². The van der Waals surface area contributed by atoms with Crippen LogP contribution in [-0.4, -0.2) is 22.8 Å². The summed E-state index contributed by atoms with van der Waals surface area (Å²) >= 11 is 0. The van der Waals surface area contributed by atoms with Crippen molar-refractivity contribution in [3.63, 3.8) is 0 Å². The lowest BCUT2D eigenvalue weighted by Crippen LogP contribution is -2.29. The maximum atomic E-state index is 13.8. The number of para-hydroxylation sites is 1. The average molecular weight is 395 g/mol. The van der Waals surface area contributed by atoms with E-state index in [1.807, 2.05) is 24.3 Å². The Morgan fingerprint density at radius 3 is 2.55 bits per heavy atom. The zero-order valence-electron chi connectivity index (χ0n) is 16.4. The van der Waals surface area contributed by atoms with Crippen LogP contribution < -0.4 is 0 Å². The van der Waals surface area contributed by atoms with Gasteiger partial charge in [-0.25, -0.2) is 8.78 Å². The third kappa shape index (κ3) is 3.82. The van der Waals surface area contributed by atoms with Crippen LogP contribution in [0.3, 0.4) is 0 Å². The number of nitrogens with zero attached hydrogens (tertiary/aromatic N) is 1. The van der Waals surface area contributed by atoms with Gasteiger partial charge in [0.25, 0.3) is 0 Å². The van der Waals surface area contributed by atoms with Gasteiger partial charge in [0.2, 0.25) is 0 Å². The molecule has 0 unspecified atom stereocenters. The van der Waals surface area contributed by atoms with Crippen LogP contribution in [0, 0.1) is 5.82 Å². The Morgan fingerprint density at radius 2 is 1.86 bits per heavy atom. The SMILES string of the molecule is CC(C)n1c(C=C[C@@H]2C[C@H](F)CC(=O)O2)c(-c2ccc(F)cc2)c2ccccc21. The minimum Gasteiger partial charge on any atom is -0.458 e. The molecule has 3 nitrogen and oxygen atoms in total. The summed E-state index contributed by atoms with van der Waals surface area (Å²) in [6.07, 6.45) is 1.86. The molecule has 29 heavy (non-hydrogen) atoms. The molecule has 0 radical (unpaired) electrons. The molecule has 0 bridgehead atoms. The quantitative estimate of drug-likeness (QED) is 0.501. The highest BCUT2D eigenvalue weighted by atomic mass is 19.1. The van der Waals surface area contributed by atoms with Crippen LogP contribution in [0.4, 0.5) is 8.78 Å². The predicted molar refractivity (Wildman–Crippen MR) is 111 cm³/mol. The number of aromatic nitrogens is 1. The molecule has 0 saturated carbocycles. The van der Waals surface area contributed by atoms with E-state index in [4.69, 9.17) is 4.74 Å². The van der Waals surface area contributed by atoms with Crippen LogP contribution >= 0.6 is 0 Å². The Balaban J connectivity index is 1.88. The van der Waals surface area contributed by atoms with Crippen LogP contribution in [0.1, 0.15) is 38.4 Å². The topological polar surface area (TPSA) is 31.2 Å². The fourth-order valence-electron chi connectivity index (χ4n) is 4.02. The summed E-state index contributed by atoms with van der Waals surface area (Å²) < 4.78 is 34.8. The van der Waals surface area contributed by atoms with Gasteiger partial charge in [0, 0.05) is 34.6 Å². The highest BCUT2D eigenvalue weighted by Crippen LogP contribution is 2.38. The van der Waals surface area contributed by atoms with Gasteiger partial charge in [-0.2, -0.15) is 0 Å². The largest absolute Gasteiger partial charge is 0.458 e. The number of ether oxygens (including phenoxy) is 1. The lowest BCUT2D eigenvalue weighted by molar-refractivity contribution is -0.154. The molecule has 2 aromatic carbocycles. The van der Waals surface area contributed by atoms with Crippen LogP contribution in [0.25, 0.3) is 28.1 Å². The summed E-state index contributed by atoms with van der Waals surface area (Å²) in [6.45, 7) is 4.19. The second kappa shape index (κ2) is 7.82. The molecule has 0 amide bonds. The summed E-state index contributed by atoms with van der Waals surface area (Å²) in [5, 5.41) is 1.05. The van der Waals surface area contributed by atoms with Gasteiger partial charge in [0.1, 0.15) is 18.1 Å². The zero-order chi connectivity index (χ0) is 20.5. The van der Waals surface area contributed by atoms with Crippen molar-refractivity contribution >= 4 is 22.9 Å². The molecule has 4 rings (SSSR count). The van der Waals surface area contributed by atoms with E-state index in [-0.39, 0.29) is 24.7 Å². The Labute approximate surface area is 168 Å². The molecule has 0 spiro atoms. The minimum absolute atomic E-state index is 0.163. The monoisotopic (exact) mass is 395 g/mol. The van der Waals surface area contributed by atoms with Crippen molar-refractivity contribution < 1.29 is 18.3 Å². The number of rotatable bonds is 4. The maximum absolute atomic E-state index is 13.8. The first-order valence-corrected chi connectivity index (χ1v) is 9.84. The summed E-state index contributed by atoms with van der Waals surface area (Å²) in [4.78, 5) is 11.6. The number of halogens is 2. The van der Waals surface area contributed by atoms with E-state index in [0.717, 1.165) is 27.7 Å². The molecule has 0 aliphatic carbocycles. The van der Waals surface area contributed by atoms with E-state index in [9.17, 15) is 13.6 Å². The molecule has 1 aromatic heterocycles. The number of hydrogen-bond donors (Lipinski definition) is 0. The highest BCUT2D eigenvalue weighted by molar-refractivity contribution is 6.01. The molecule has 5 heteroatoms. The van der Waals surface area contributed by atoms with Gasteiger partial charge in [-0.05, 0) is 49.8 Å². The van der Waals surface area contributed by atoms with Crippen molar-refractivity contribution in [2.45, 2.75) is 45.0 Å². The van der Waals surface area contributed by atoms with E-state index < -0.39 is 18.2 Å². The maximum Gasteiger partial charge on any atom is 0.309 e. The second-order valence-corrected chi connectivity index (χ2v) is 7.67. The third-order valence-corrected chi connectivity index (χ3v) is 5.23. The molecule has 2 heterocycles. The van der Waals surface area contributed by atoms with Crippen LogP contribution in [0.15, 0.2) is 54.6 Å². The van der Waals surface area contributed by atoms with E-state index in [1.165, 1.54) is 12.1 Å². The first kappa shape index (κ1) is 19.4. The van der Waals surface area contributed by atoms with Crippen molar-refractivity contribution in [3.8, 4) is 11.1 Å². The van der Waals surface area contributed by atoms with Gasteiger partial charge in [-0.3, -0.25) is 4.79 Å². The standard InChI is InChI=1S/C24H23F2NO2/c1-15(2)27-21-6-4-3-5-20(21)24(16-7-9-17(25)10-8-16)22(27)12-11-19-13-18(26)14-23(28)29-19/h3-12,15,18-19H,13-14H2,1-2H3/t18-,19+/m0/s1. The van der Waals surface area contributed by atoms with Crippen LogP contribution in [0.2, 0.25) is 0 Å². The second-order valence-electron chi connectivity index (χ2n) is 7.67. The number of cyclic esters (lactones) is 1. The van der Waals surface area contributed by atoms with Crippen molar-refractivity contribution in [2.75, 3.05) is 0 Å². The first-order chi connectivity index (χ1) is 13.9. The Bertz CT molecular complexity index is 1070. The Morgan fingerprint density at radius 1 is 1.14 bits per heavy atom. The summed E-state index contributed by atoms with van der Waals surface area (Å²) in [5.74, 6) is -0.803. The molecular weight excluding hydrogens is 372 g/mol. The van der Waals surface area contributed by atoms with Gasteiger partial charge in [-0.15, -0.1) is 0 Å². The van der Waals surface area contributed by atoms with Crippen molar-refractivity contribution in [1.82, 2.24) is 4.57 Å². The summed E-state index contributed by atoms with van der Waals surface area (Å²) in [7, 11) is 0. The third-order valence-electron chi connectivity index (χ3n) is 5.23. The zero-order valence-corrected chi connectivity index (χ0v) is 16.4. The Kier molecular flexibility index (Phi) is 5.22. The van der Waals surface area contributed by atoms with Crippen molar-refractivity contribution in [2.24, 2.45) is 0 Å². The molecule has 0 N–H and O–H groups in total. The minimum atomic E-state index is -1.18. The normalized spacial score (nSPS) is 20.0. The summed E-state index contributed by atoms with van der Waals surface area (Å²) in [5.41, 5.74) is 3.85. The van der Waals surface area contributed by atoms with Gasteiger partial charge in [0.15, 0.2) is 0 Å². The molecular formula is C24H23F2NO2. The van der Waals surface area contributed by atoms with E-state index in [2.05, 4.69) is 24.5 Å². The van der Waals surface area contributed by atoms with Gasteiger partial charge >= 0.3 is 5.97 Å². The van der Waals surface area contributed by atoms with Gasteiger partial charge in [0.05, 0.1) is 6.42 Å². The molecule has 2 atom stereocenters. The van der Waals surface area contributed by atoms with Gasteiger partial charge < -0.3 is 9.30 Å². The van der Waals surface area contributed by atoms with Gasteiger partial charge in [-0.1, -0.05) is 30.3 Å². The summed E-state index contributed by atoms with van der Waals surface area (Å²) in [6, 6.07) is 14.6. The van der Waals surface area contributed by atoms with Crippen molar-refractivity contribution in [3.05, 3.63) is 66.1 Å². The molecule has 3 aromatic rings. The molecule has 1 saturated heterocycles. The number of hydrogen-bond acceptors (Lipinski definition) is 2. The molecule has 150 valence electrons. The molecule has 1 aliphatic rings. The number of benzene rings is 2. The fourth-order valence-corrected chi connectivity index (χ4v) is 4.02. The predicted octanol–water partition coefficient (Wildman–Crippen LogP) is 6.09. The Hall–Kier alpha value is -2.95. The fraction of sp³-hybridized carbons (Fsp3) is 0.292. The first-order valence-electron chi connectivity index (χ1n) is 9.84. The van der Waals surface area contributed by atoms with E-state index in [1.54, 1.807) is 18.2 Å². The average Bonchev–Trinajstić information content (AvgIpc) is 3.00. The number of alkyl halides is 1. The smallest absolute Gasteiger partial charge is 0.309 e. The highest BCUT2D eigenvalue weighted by Gasteiger charge is 2.27.